The average Bonchev–Trinajstić information content (AvgIpc) is 3.69. The standard InChI is InChI=1S/C70H136O17P2/c1-9-63(8)49-41-33-24-18-14-12-10-11-13-15-19-26-36-44-52-69(74)86-66(57-81-68(73)51-43-35-29-28-32-40-48-62(6)7)59-85-89(78,79)83-55-64(71)54-82-88(76,77)84-58-65(87-70(75)53-45-37-27-21-23-31-39-47-61(4)5)56-80-67(72)50-42-34-25-20-16-17-22-30-38-46-60(2)3/h60-66,71H,9-59H2,1-8H3,(H,76,77)(H,78,79)/t63?,64-,65-,66-/m1/s1. The van der Waals surface area contributed by atoms with Crippen LogP contribution in [0, 0.1) is 23.7 Å². The molecule has 0 heterocycles. The second-order valence-electron chi connectivity index (χ2n) is 26.9. The lowest BCUT2D eigenvalue weighted by Gasteiger charge is -2.21. The summed E-state index contributed by atoms with van der Waals surface area (Å²) in [6.45, 7) is 14.0. The Labute approximate surface area is 543 Å². The molecule has 528 valence electrons. The zero-order valence-corrected chi connectivity index (χ0v) is 59.8. The van der Waals surface area contributed by atoms with Gasteiger partial charge in [0.2, 0.25) is 0 Å². The molecule has 0 aromatic heterocycles. The van der Waals surface area contributed by atoms with E-state index in [1.165, 1.54) is 141 Å². The predicted octanol–water partition coefficient (Wildman–Crippen LogP) is 19.7. The molecule has 0 aromatic carbocycles. The van der Waals surface area contributed by atoms with E-state index >= 15 is 0 Å². The number of ether oxygens (including phenoxy) is 4. The van der Waals surface area contributed by atoms with E-state index < -0.39 is 97.5 Å². The number of esters is 4. The molecule has 0 fully saturated rings. The summed E-state index contributed by atoms with van der Waals surface area (Å²) in [5.41, 5.74) is 0. The third-order valence-corrected chi connectivity index (χ3v) is 18.3. The summed E-state index contributed by atoms with van der Waals surface area (Å²) in [5.74, 6) is 0.831. The summed E-state index contributed by atoms with van der Waals surface area (Å²) in [6.07, 6.45) is 41.9. The minimum Gasteiger partial charge on any atom is -0.462 e. The molecule has 0 saturated carbocycles. The molecule has 3 N–H and O–H groups in total. The van der Waals surface area contributed by atoms with Crippen molar-refractivity contribution in [2.24, 2.45) is 23.7 Å². The Balaban J connectivity index is 5.20. The quantitative estimate of drug-likeness (QED) is 0.0222. The van der Waals surface area contributed by atoms with Crippen LogP contribution in [0.4, 0.5) is 0 Å². The fourth-order valence-electron chi connectivity index (χ4n) is 10.5. The largest absolute Gasteiger partial charge is 0.472 e. The van der Waals surface area contributed by atoms with Crippen molar-refractivity contribution in [1.29, 1.82) is 0 Å². The summed E-state index contributed by atoms with van der Waals surface area (Å²) in [6, 6.07) is 0. The molecule has 89 heavy (non-hydrogen) atoms. The minimum atomic E-state index is -4.95. The van der Waals surface area contributed by atoms with Crippen molar-refractivity contribution < 1.29 is 80.2 Å². The third-order valence-electron chi connectivity index (χ3n) is 16.4. The molecule has 0 radical (unpaired) electrons. The number of carbonyl (C=O) groups excluding carboxylic acids is 4. The SMILES string of the molecule is CCC(C)CCCCCCCCCCCCCCCCC(=O)O[C@H](COC(=O)CCCCCCCCC(C)C)COP(=O)(O)OC[C@H](O)COP(=O)(O)OC[C@@H](COC(=O)CCCCCCCCCCCC(C)C)OC(=O)CCCCCCCCCC(C)C. The summed E-state index contributed by atoms with van der Waals surface area (Å²) in [4.78, 5) is 72.4. The van der Waals surface area contributed by atoms with Crippen LogP contribution >= 0.6 is 15.6 Å². The van der Waals surface area contributed by atoms with E-state index in [1.807, 2.05) is 0 Å². The smallest absolute Gasteiger partial charge is 0.462 e. The minimum absolute atomic E-state index is 0.102. The fourth-order valence-corrected chi connectivity index (χ4v) is 12.0. The second kappa shape index (κ2) is 59.8. The number of hydrogen-bond acceptors (Lipinski definition) is 15. The van der Waals surface area contributed by atoms with Crippen LogP contribution in [-0.2, 0) is 65.4 Å². The fraction of sp³-hybridized carbons (Fsp3) is 0.943. The zero-order valence-electron chi connectivity index (χ0n) is 58.1. The van der Waals surface area contributed by atoms with Crippen molar-refractivity contribution in [3.05, 3.63) is 0 Å². The normalized spacial score (nSPS) is 14.6. The Morgan fingerprint density at radius 1 is 0.315 bits per heavy atom. The van der Waals surface area contributed by atoms with Crippen LogP contribution in [0.3, 0.4) is 0 Å². The summed E-state index contributed by atoms with van der Waals surface area (Å²) in [5, 5.41) is 10.6. The maximum atomic E-state index is 13.0. The van der Waals surface area contributed by atoms with Gasteiger partial charge in [-0.15, -0.1) is 0 Å². The number of phosphoric acid groups is 2. The van der Waals surface area contributed by atoms with Crippen LogP contribution < -0.4 is 0 Å². The van der Waals surface area contributed by atoms with Gasteiger partial charge < -0.3 is 33.8 Å². The Bertz CT molecular complexity index is 1770. The van der Waals surface area contributed by atoms with Gasteiger partial charge >= 0.3 is 39.5 Å². The van der Waals surface area contributed by atoms with Crippen LogP contribution in [0.5, 0.6) is 0 Å². The number of hydrogen-bond donors (Lipinski definition) is 3. The van der Waals surface area contributed by atoms with E-state index in [-0.39, 0.29) is 25.7 Å². The molecule has 0 saturated heterocycles. The Kier molecular flexibility index (Phi) is 58.5. The zero-order chi connectivity index (χ0) is 66.1. The first-order chi connectivity index (χ1) is 42.6. The highest BCUT2D eigenvalue weighted by Crippen LogP contribution is 2.45. The summed E-state index contributed by atoms with van der Waals surface area (Å²) < 4.78 is 68.2. The van der Waals surface area contributed by atoms with Gasteiger partial charge in [0.1, 0.15) is 19.3 Å². The molecule has 0 aliphatic carbocycles. The van der Waals surface area contributed by atoms with Gasteiger partial charge in [-0.3, -0.25) is 37.3 Å². The Morgan fingerprint density at radius 3 is 0.798 bits per heavy atom. The molecule has 17 nitrogen and oxygen atoms in total. The van der Waals surface area contributed by atoms with Gasteiger partial charge in [-0.2, -0.15) is 0 Å². The molecular weight excluding hydrogens is 1170 g/mol. The van der Waals surface area contributed by atoms with Gasteiger partial charge in [0.25, 0.3) is 0 Å². The molecule has 0 spiro atoms. The molecule has 19 heteroatoms. The van der Waals surface area contributed by atoms with Crippen molar-refractivity contribution in [1.82, 2.24) is 0 Å². The maximum Gasteiger partial charge on any atom is 0.472 e. The number of unbranched alkanes of at least 4 members (excludes halogenated alkanes) is 32. The van der Waals surface area contributed by atoms with Crippen molar-refractivity contribution in [3.8, 4) is 0 Å². The average molecular weight is 1310 g/mol. The van der Waals surface area contributed by atoms with Crippen molar-refractivity contribution in [2.75, 3.05) is 39.6 Å². The topological polar surface area (TPSA) is 237 Å². The second-order valence-corrected chi connectivity index (χ2v) is 29.8. The van der Waals surface area contributed by atoms with E-state index in [9.17, 15) is 43.2 Å². The van der Waals surface area contributed by atoms with Crippen molar-refractivity contribution >= 4 is 39.5 Å². The van der Waals surface area contributed by atoms with E-state index in [4.69, 9.17) is 37.0 Å². The molecule has 0 rings (SSSR count). The van der Waals surface area contributed by atoms with Gasteiger partial charge in [0.15, 0.2) is 12.2 Å². The van der Waals surface area contributed by atoms with E-state index in [0.29, 0.717) is 37.5 Å². The van der Waals surface area contributed by atoms with Gasteiger partial charge in [-0.05, 0) is 49.4 Å². The number of rotatable bonds is 67. The number of aliphatic hydroxyl groups excluding tert-OH is 1. The lowest BCUT2D eigenvalue weighted by Crippen LogP contribution is -2.30. The van der Waals surface area contributed by atoms with Crippen LogP contribution in [0.15, 0.2) is 0 Å². The van der Waals surface area contributed by atoms with Crippen LogP contribution in [0.25, 0.3) is 0 Å². The van der Waals surface area contributed by atoms with E-state index in [2.05, 4.69) is 55.4 Å². The van der Waals surface area contributed by atoms with Gasteiger partial charge in [0, 0.05) is 25.7 Å². The van der Waals surface area contributed by atoms with Crippen LogP contribution in [0.2, 0.25) is 0 Å². The van der Waals surface area contributed by atoms with E-state index in [0.717, 1.165) is 108 Å². The summed E-state index contributed by atoms with van der Waals surface area (Å²) >= 11 is 0. The van der Waals surface area contributed by atoms with Gasteiger partial charge in [-0.1, -0.05) is 293 Å². The lowest BCUT2D eigenvalue weighted by molar-refractivity contribution is -0.161. The van der Waals surface area contributed by atoms with Crippen molar-refractivity contribution in [2.45, 2.75) is 363 Å². The molecule has 0 amide bonds. The molecule has 0 bridgehead atoms. The predicted molar refractivity (Wildman–Crippen MR) is 358 cm³/mol. The highest BCUT2D eigenvalue weighted by atomic mass is 31.2. The number of phosphoric ester groups is 2. The van der Waals surface area contributed by atoms with Gasteiger partial charge in [-0.25, -0.2) is 9.13 Å². The first-order valence-electron chi connectivity index (χ1n) is 36.2. The molecule has 0 aliphatic heterocycles. The first kappa shape index (κ1) is 87.1. The van der Waals surface area contributed by atoms with E-state index in [1.54, 1.807) is 0 Å². The molecule has 0 aliphatic rings. The molecule has 3 unspecified atom stereocenters. The maximum absolute atomic E-state index is 13.0. The Morgan fingerprint density at radius 2 is 0.539 bits per heavy atom. The lowest BCUT2D eigenvalue weighted by atomic mass is 9.99. The van der Waals surface area contributed by atoms with Gasteiger partial charge in [0.05, 0.1) is 26.4 Å². The third kappa shape index (κ3) is 63.2. The first-order valence-corrected chi connectivity index (χ1v) is 39.2. The van der Waals surface area contributed by atoms with Crippen molar-refractivity contribution in [3.63, 3.8) is 0 Å². The number of carbonyl (C=O) groups is 4. The Hall–Kier alpha value is -1.94. The summed E-state index contributed by atoms with van der Waals surface area (Å²) in [7, 11) is -9.90. The molecular formula is C70H136O17P2. The highest BCUT2D eigenvalue weighted by molar-refractivity contribution is 7.47. The van der Waals surface area contributed by atoms with Crippen LogP contribution in [-0.4, -0.2) is 96.7 Å². The number of aliphatic hydroxyl groups is 1. The highest BCUT2D eigenvalue weighted by Gasteiger charge is 2.30. The molecule has 6 atom stereocenters. The van der Waals surface area contributed by atoms with Crippen LogP contribution in [0.1, 0.15) is 344 Å². The monoisotopic (exact) mass is 1310 g/mol. The molecule has 0 aromatic rings.